The number of carbonyl (C=O) groups is 3. The SMILES string of the molecule is CC(C)[C@H](NC(=O)OC[C@@H]1O[C@@H]1[C@H](Cc1ccccc1)NC(=O)[C@@H](NC(=O)OCc1ccccc1)C(C)(C)S(C)(=O)=O)c1ccccc1. The van der Waals surface area contributed by atoms with E-state index in [1.54, 1.807) is 24.3 Å². The number of ether oxygens (including phenoxy) is 3. The lowest BCUT2D eigenvalue weighted by molar-refractivity contribution is -0.124. The Balaban J connectivity index is 1.44. The van der Waals surface area contributed by atoms with E-state index in [2.05, 4.69) is 16.0 Å². The predicted octanol–water partition coefficient (Wildman–Crippen LogP) is 4.72. The summed E-state index contributed by atoms with van der Waals surface area (Å²) in [4.78, 5) is 39.5. The van der Waals surface area contributed by atoms with Gasteiger partial charge >= 0.3 is 12.2 Å². The van der Waals surface area contributed by atoms with Crippen LogP contribution in [0.4, 0.5) is 9.59 Å². The standard InChI is InChI=1S/C36H45N3O8S/c1-24(2)30(27-19-13-8-14-20-27)38-34(41)46-23-29-31(47-29)28(21-25-15-9-6-10-16-25)37-33(40)32(36(3,4)48(5,43)44)39-35(42)45-22-26-17-11-7-12-18-26/h6-20,24,28-32H,21-23H2,1-5H3,(H,37,40)(H,38,41)(H,39,42)/t28-,29-,30-,31+,32+/m0/s1. The van der Waals surface area contributed by atoms with Crippen LogP contribution < -0.4 is 16.0 Å². The minimum Gasteiger partial charge on any atom is -0.447 e. The van der Waals surface area contributed by atoms with Gasteiger partial charge in [-0.3, -0.25) is 4.79 Å². The molecule has 0 aliphatic carbocycles. The Kier molecular flexibility index (Phi) is 12.2. The highest BCUT2D eigenvalue weighted by Gasteiger charge is 2.49. The van der Waals surface area contributed by atoms with Gasteiger partial charge in [0.25, 0.3) is 0 Å². The van der Waals surface area contributed by atoms with E-state index in [0.29, 0.717) is 6.42 Å². The quantitative estimate of drug-likeness (QED) is 0.195. The average Bonchev–Trinajstić information content (AvgIpc) is 3.84. The van der Waals surface area contributed by atoms with Crippen LogP contribution in [0.15, 0.2) is 91.0 Å². The van der Waals surface area contributed by atoms with Crippen molar-refractivity contribution in [3.8, 4) is 0 Å². The first-order chi connectivity index (χ1) is 22.8. The third-order valence-corrected chi connectivity index (χ3v) is 10.7. The molecular weight excluding hydrogens is 634 g/mol. The van der Waals surface area contributed by atoms with Crippen LogP contribution in [0.1, 0.15) is 50.4 Å². The van der Waals surface area contributed by atoms with E-state index < -0.39 is 57.0 Å². The number of amides is 3. The van der Waals surface area contributed by atoms with Gasteiger partial charge in [0.2, 0.25) is 5.91 Å². The second-order valence-electron chi connectivity index (χ2n) is 12.8. The first-order valence-corrected chi connectivity index (χ1v) is 17.8. The molecule has 1 fully saturated rings. The summed E-state index contributed by atoms with van der Waals surface area (Å²) in [6.45, 7) is 6.64. The van der Waals surface area contributed by atoms with Crippen LogP contribution in [-0.2, 0) is 41.9 Å². The van der Waals surface area contributed by atoms with Crippen LogP contribution in [0.3, 0.4) is 0 Å². The molecule has 1 aliphatic rings. The zero-order valence-electron chi connectivity index (χ0n) is 27.9. The minimum absolute atomic E-state index is 0.0560. The molecule has 3 N–H and O–H groups in total. The van der Waals surface area contributed by atoms with E-state index in [9.17, 15) is 22.8 Å². The smallest absolute Gasteiger partial charge is 0.408 e. The fourth-order valence-corrected chi connectivity index (χ4v) is 5.90. The summed E-state index contributed by atoms with van der Waals surface area (Å²) in [5, 5.41) is 8.32. The van der Waals surface area contributed by atoms with Gasteiger partial charge in [0.1, 0.15) is 31.5 Å². The van der Waals surface area contributed by atoms with Crippen molar-refractivity contribution in [1.82, 2.24) is 16.0 Å². The molecule has 0 unspecified atom stereocenters. The molecule has 3 aromatic rings. The van der Waals surface area contributed by atoms with E-state index in [1.807, 2.05) is 80.6 Å². The summed E-state index contributed by atoms with van der Waals surface area (Å²) < 4.78 is 40.7. The maximum atomic E-state index is 13.9. The Labute approximate surface area is 282 Å². The molecule has 3 amide bonds. The monoisotopic (exact) mass is 679 g/mol. The molecule has 3 aromatic carbocycles. The zero-order valence-corrected chi connectivity index (χ0v) is 28.7. The Morgan fingerprint density at radius 3 is 1.90 bits per heavy atom. The van der Waals surface area contributed by atoms with Gasteiger partial charge in [-0.25, -0.2) is 18.0 Å². The number of hydrogen-bond donors (Lipinski definition) is 3. The van der Waals surface area contributed by atoms with Crippen molar-refractivity contribution in [1.29, 1.82) is 0 Å². The van der Waals surface area contributed by atoms with Crippen molar-refractivity contribution in [2.75, 3.05) is 12.9 Å². The van der Waals surface area contributed by atoms with Crippen molar-refractivity contribution in [3.63, 3.8) is 0 Å². The highest BCUT2D eigenvalue weighted by atomic mass is 32.2. The Hall–Kier alpha value is -4.42. The number of alkyl carbamates (subject to hydrolysis) is 2. The number of sulfone groups is 1. The summed E-state index contributed by atoms with van der Waals surface area (Å²) in [6, 6.07) is 25.6. The van der Waals surface area contributed by atoms with Crippen molar-refractivity contribution in [2.24, 2.45) is 5.92 Å². The van der Waals surface area contributed by atoms with Gasteiger partial charge in [-0.15, -0.1) is 0 Å². The largest absolute Gasteiger partial charge is 0.447 e. The topological polar surface area (TPSA) is 152 Å². The number of benzene rings is 3. The number of epoxide rings is 1. The van der Waals surface area contributed by atoms with Crippen LogP contribution in [0.5, 0.6) is 0 Å². The highest BCUT2D eigenvalue weighted by molar-refractivity contribution is 7.92. The summed E-state index contributed by atoms with van der Waals surface area (Å²) in [7, 11) is -3.85. The van der Waals surface area contributed by atoms with Gasteiger partial charge in [-0.1, -0.05) is 105 Å². The third-order valence-electron chi connectivity index (χ3n) is 8.51. The van der Waals surface area contributed by atoms with Gasteiger partial charge in [0.15, 0.2) is 9.84 Å². The molecule has 11 nitrogen and oxygen atoms in total. The van der Waals surface area contributed by atoms with Gasteiger partial charge in [0, 0.05) is 6.26 Å². The van der Waals surface area contributed by atoms with Crippen LogP contribution in [0.25, 0.3) is 0 Å². The first kappa shape index (κ1) is 36.4. The molecule has 0 aromatic heterocycles. The van der Waals surface area contributed by atoms with E-state index in [0.717, 1.165) is 22.9 Å². The molecule has 0 spiro atoms. The van der Waals surface area contributed by atoms with Crippen LogP contribution in [0.2, 0.25) is 0 Å². The molecule has 258 valence electrons. The minimum atomic E-state index is -3.85. The number of rotatable bonds is 15. The zero-order chi connectivity index (χ0) is 34.9. The molecule has 4 rings (SSSR count). The van der Waals surface area contributed by atoms with Crippen molar-refractivity contribution >= 4 is 27.9 Å². The second kappa shape index (κ2) is 16.1. The Morgan fingerprint density at radius 1 is 0.792 bits per heavy atom. The van der Waals surface area contributed by atoms with Gasteiger partial charge in [0.05, 0.1) is 16.8 Å². The lowest BCUT2D eigenvalue weighted by atomic mass is 9.96. The highest BCUT2D eigenvalue weighted by Crippen LogP contribution is 2.29. The van der Waals surface area contributed by atoms with Crippen LogP contribution in [-0.4, -0.2) is 68.4 Å². The lowest BCUT2D eigenvalue weighted by Gasteiger charge is -2.33. The molecule has 0 radical (unpaired) electrons. The van der Waals surface area contributed by atoms with E-state index in [4.69, 9.17) is 14.2 Å². The molecule has 0 saturated carbocycles. The number of carbonyl (C=O) groups excluding carboxylic acids is 3. The molecular formula is C36H45N3O8S. The molecule has 12 heteroatoms. The summed E-state index contributed by atoms with van der Waals surface area (Å²) in [5.74, 6) is -0.609. The van der Waals surface area contributed by atoms with Gasteiger partial charge < -0.3 is 30.2 Å². The molecule has 1 heterocycles. The molecule has 1 aliphatic heterocycles. The van der Waals surface area contributed by atoms with Crippen LogP contribution >= 0.6 is 0 Å². The molecule has 1 saturated heterocycles. The van der Waals surface area contributed by atoms with Crippen molar-refractivity contribution < 1.29 is 37.0 Å². The summed E-state index contributed by atoms with van der Waals surface area (Å²) >= 11 is 0. The molecule has 0 bridgehead atoms. The van der Waals surface area contributed by atoms with Crippen LogP contribution in [0, 0.1) is 5.92 Å². The second-order valence-corrected chi connectivity index (χ2v) is 15.4. The Bertz CT molecular complexity index is 1620. The Morgan fingerprint density at radius 2 is 1.33 bits per heavy atom. The molecule has 48 heavy (non-hydrogen) atoms. The lowest BCUT2D eigenvalue weighted by Crippen LogP contribution is -2.62. The van der Waals surface area contributed by atoms with Gasteiger partial charge in [-0.05, 0) is 42.9 Å². The van der Waals surface area contributed by atoms with Crippen molar-refractivity contribution in [3.05, 3.63) is 108 Å². The third kappa shape index (κ3) is 10.0. The molecule has 5 atom stereocenters. The number of nitrogens with one attached hydrogen (secondary N) is 3. The predicted molar refractivity (Wildman–Crippen MR) is 182 cm³/mol. The average molecular weight is 680 g/mol. The maximum absolute atomic E-state index is 13.9. The number of hydrogen-bond acceptors (Lipinski definition) is 8. The van der Waals surface area contributed by atoms with E-state index >= 15 is 0 Å². The fraction of sp³-hybridized carbons (Fsp3) is 0.417. The fourth-order valence-electron chi connectivity index (χ4n) is 5.30. The van der Waals surface area contributed by atoms with Gasteiger partial charge in [-0.2, -0.15) is 0 Å². The van der Waals surface area contributed by atoms with E-state index in [-0.39, 0.29) is 25.2 Å². The summed E-state index contributed by atoms with van der Waals surface area (Å²) in [5.41, 5.74) is 2.58. The maximum Gasteiger partial charge on any atom is 0.408 e. The first-order valence-electron chi connectivity index (χ1n) is 15.9. The normalized spacial score (nSPS) is 17.8. The summed E-state index contributed by atoms with van der Waals surface area (Å²) in [6.07, 6.45) is -1.23. The van der Waals surface area contributed by atoms with Crippen molar-refractivity contribution in [2.45, 2.75) is 75.8 Å². The van der Waals surface area contributed by atoms with E-state index in [1.165, 1.54) is 13.8 Å².